The molecule has 0 aliphatic rings. The molecule has 0 aliphatic heterocycles. The number of hydrogen-bond acceptors (Lipinski definition) is 3. The van der Waals surface area contributed by atoms with Crippen molar-refractivity contribution < 1.29 is 17.9 Å². The SMILES string of the molecule is Cc1ccc(CNc2ccc(OC(F)(F)F)c(Br)c2)s1. The fraction of sp³-hybridized carbons (Fsp3) is 0.231. The average Bonchev–Trinajstić information content (AvgIpc) is 2.74. The van der Waals surface area contributed by atoms with Crippen LogP contribution in [-0.4, -0.2) is 6.36 Å². The van der Waals surface area contributed by atoms with E-state index in [0.717, 1.165) is 10.6 Å². The number of ether oxygens (including phenoxy) is 1. The monoisotopic (exact) mass is 365 g/mol. The zero-order valence-corrected chi connectivity index (χ0v) is 12.8. The van der Waals surface area contributed by atoms with E-state index in [0.29, 0.717) is 6.54 Å². The Hall–Kier alpha value is -1.21. The summed E-state index contributed by atoms with van der Waals surface area (Å²) in [7, 11) is 0. The molecule has 0 saturated carbocycles. The zero-order chi connectivity index (χ0) is 14.8. The molecule has 0 fully saturated rings. The molecule has 0 aliphatic carbocycles. The third-order valence-electron chi connectivity index (χ3n) is 2.42. The molecule has 7 heteroatoms. The van der Waals surface area contributed by atoms with Crippen LogP contribution in [0.2, 0.25) is 0 Å². The van der Waals surface area contributed by atoms with E-state index in [1.807, 2.05) is 19.1 Å². The summed E-state index contributed by atoms with van der Waals surface area (Å²) in [5.74, 6) is -0.255. The van der Waals surface area contributed by atoms with E-state index in [4.69, 9.17) is 0 Å². The van der Waals surface area contributed by atoms with Crippen LogP contribution in [0.25, 0.3) is 0 Å². The van der Waals surface area contributed by atoms with E-state index in [-0.39, 0.29) is 10.2 Å². The molecule has 2 nitrogen and oxygen atoms in total. The third-order valence-corrected chi connectivity index (χ3v) is 4.04. The Bertz CT molecular complexity index is 598. The summed E-state index contributed by atoms with van der Waals surface area (Å²) in [6.45, 7) is 2.65. The van der Waals surface area contributed by atoms with Gasteiger partial charge in [0.05, 0.1) is 4.47 Å². The fourth-order valence-corrected chi connectivity index (χ4v) is 2.88. The van der Waals surface area contributed by atoms with Gasteiger partial charge >= 0.3 is 6.36 Å². The highest BCUT2D eigenvalue weighted by Crippen LogP contribution is 2.32. The summed E-state index contributed by atoms with van der Waals surface area (Å²) in [6, 6.07) is 8.43. The number of thiophene rings is 1. The summed E-state index contributed by atoms with van der Waals surface area (Å²) in [5, 5.41) is 3.15. The van der Waals surface area contributed by atoms with Crippen molar-refractivity contribution in [2.75, 3.05) is 5.32 Å². The van der Waals surface area contributed by atoms with Gasteiger partial charge in [-0.05, 0) is 53.2 Å². The molecule has 1 heterocycles. The van der Waals surface area contributed by atoms with Crippen LogP contribution >= 0.6 is 27.3 Å². The van der Waals surface area contributed by atoms with Crippen molar-refractivity contribution in [2.45, 2.75) is 19.8 Å². The summed E-state index contributed by atoms with van der Waals surface area (Å²) >= 11 is 4.74. The van der Waals surface area contributed by atoms with E-state index in [1.54, 1.807) is 23.5 Å². The number of anilines is 1. The number of hydrogen-bond donors (Lipinski definition) is 1. The van der Waals surface area contributed by atoms with Crippen molar-refractivity contribution in [1.82, 2.24) is 0 Å². The van der Waals surface area contributed by atoms with Gasteiger partial charge in [0.15, 0.2) is 0 Å². The van der Waals surface area contributed by atoms with Crippen molar-refractivity contribution >= 4 is 33.0 Å². The molecule has 1 aromatic carbocycles. The molecule has 0 atom stereocenters. The highest BCUT2D eigenvalue weighted by Gasteiger charge is 2.31. The van der Waals surface area contributed by atoms with E-state index >= 15 is 0 Å². The standard InChI is InChI=1S/C13H11BrF3NOS/c1-8-2-4-10(20-8)7-18-9-3-5-12(11(14)6-9)19-13(15,16)17/h2-6,18H,7H2,1H3. The summed E-state index contributed by atoms with van der Waals surface area (Å²) in [4.78, 5) is 2.38. The van der Waals surface area contributed by atoms with Gasteiger partial charge in [-0.2, -0.15) is 0 Å². The molecule has 2 rings (SSSR count). The zero-order valence-electron chi connectivity index (χ0n) is 10.4. The Morgan fingerprint density at radius 2 is 2.00 bits per heavy atom. The molecule has 108 valence electrons. The fourth-order valence-electron chi connectivity index (χ4n) is 1.59. The predicted molar refractivity (Wildman–Crippen MR) is 77.2 cm³/mol. The molecule has 0 spiro atoms. The van der Waals surface area contributed by atoms with Crippen LogP contribution in [0.15, 0.2) is 34.8 Å². The Morgan fingerprint density at radius 3 is 2.55 bits per heavy atom. The van der Waals surface area contributed by atoms with Crippen LogP contribution in [0.3, 0.4) is 0 Å². The van der Waals surface area contributed by atoms with Crippen LogP contribution in [-0.2, 0) is 6.54 Å². The second-order valence-electron chi connectivity index (χ2n) is 4.06. The lowest BCUT2D eigenvalue weighted by Gasteiger charge is -2.12. The Labute approximate surface area is 126 Å². The first-order valence-electron chi connectivity index (χ1n) is 5.68. The number of benzene rings is 1. The van der Waals surface area contributed by atoms with E-state index in [1.165, 1.54) is 10.9 Å². The molecule has 0 saturated heterocycles. The van der Waals surface area contributed by atoms with Crippen LogP contribution in [0.1, 0.15) is 9.75 Å². The van der Waals surface area contributed by atoms with Gasteiger partial charge in [0, 0.05) is 22.0 Å². The van der Waals surface area contributed by atoms with Gasteiger partial charge in [0.1, 0.15) is 5.75 Å². The van der Waals surface area contributed by atoms with Gasteiger partial charge < -0.3 is 10.1 Å². The van der Waals surface area contributed by atoms with E-state index < -0.39 is 6.36 Å². The first kappa shape index (κ1) is 15.2. The number of halogens is 4. The van der Waals surface area contributed by atoms with Crippen molar-refractivity contribution in [3.05, 3.63) is 44.6 Å². The van der Waals surface area contributed by atoms with Gasteiger partial charge in [0.2, 0.25) is 0 Å². The van der Waals surface area contributed by atoms with Gasteiger partial charge in [0.25, 0.3) is 0 Å². The number of nitrogens with one attached hydrogen (secondary N) is 1. The summed E-state index contributed by atoms with van der Waals surface area (Å²) in [5.41, 5.74) is 0.720. The van der Waals surface area contributed by atoms with Crippen LogP contribution in [0, 0.1) is 6.92 Å². The second-order valence-corrected chi connectivity index (χ2v) is 6.29. The minimum absolute atomic E-state index is 0.252. The Balaban J connectivity index is 2.01. The van der Waals surface area contributed by atoms with Crippen molar-refractivity contribution in [3.63, 3.8) is 0 Å². The normalized spacial score (nSPS) is 11.4. The van der Waals surface area contributed by atoms with Gasteiger partial charge in [-0.25, -0.2) is 0 Å². The molecule has 20 heavy (non-hydrogen) atoms. The van der Waals surface area contributed by atoms with Crippen LogP contribution in [0.4, 0.5) is 18.9 Å². The summed E-state index contributed by atoms with van der Waals surface area (Å²) < 4.78 is 40.5. The molecule has 1 N–H and O–H groups in total. The molecule has 2 aromatic rings. The maximum atomic E-state index is 12.1. The van der Waals surface area contributed by atoms with Crippen LogP contribution in [0.5, 0.6) is 5.75 Å². The topological polar surface area (TPSA) is 21.3 Å². The lowest BCUT2D eigenvalue weighted by atomic mass is 10.3. The number of aryl methyl sites for hydroxylation is 1. The van der Waals surface area contributed by atoms with Crippen molar-refractivity contribution in [2.24, 2.45) is 0 Å². The molecular formula is C13H11BrF3NOS. The van der Waals surface area contributed by atoms with Gasteiger partial charge in [-0.3, -0.25) is 0 Å². The Morgan fingerprint density at radius 1 is 1.25 bits per heavy atom. The minimum atomic E-state index is -4.69. The van der Waals surface area contributed by atoms with Crippen molar-refractivity contribution in [3.8, 4) is 5.75 Å². The molecule has 1 aromatic heterocycles. The quantitative estimate of drug-likeness (QED) is 0.790. The predicted octanol–water partition coefficient (Wildman–Crippen LogP) is 5.33. The lowest BCUT2D eigenvalue weighted by molar-refractivity contribution is -0.274. The first-order chi connectivity index (χ1) is 9.33. The molecule has 0 bridgehead atoms. The molecular weight excluding hydrogens is 355 g/mol. The molecule has 0 radical (unpaired) electrons. The highest BCUT2D eigenvalue weighted by atomic mass is 79.9. The molecule has 0 unspecified atom stereocenters. The average molecular weight is 366 g/mol. The minimum Gasteiger partial charge on any atom is -0.405 e. The largest absolute Gasteiger partial charge is 0.573 e. The number of rotatable bonds is 4. The number of alkyl halides is 3. The molecule has 0 amide bonds. The van der Waals surface area contributed by atoms with Crippen LogP contribution < -0.4 is 10.1 Å². The second kappa shape index (κ2) is 6.05. The van der Waals surface area contributed by atoms with E-state index in [9.17, 15) is 13.2 Å². The third kappa shape index (κ3) is 4.42. The smallest absolute Gasteiger partial charge is 0.405 e. The maximum absolute atomic E-state index is 12.1. The van der Waals surface area contributed by atoms with Crippen molar-refractivity contribution in [1.29, 1.82) is 0 Å². The lowest BCUT2D eigenvalue weighted by Crippen LogP contribution is -2.17. The maximum Gasteiger partial charge on any atom is 0.573 e. The first-order valence-corrected chi connectivity index (χ1v) is 7.29. The van der Waals surface area contributed by atoms with Gasteiger partial charge in [-0.15, -0.1) is 24.5 Å². The van der Waals surface area contributed by atoms with E-state index in [2.05, 4.69) is 26.0 Å². The Kier molecular flexibility index (Phi) is 4.59. The highest BCUT2D eigenvalue weighted by molar-refractivity contribution is 9.10. The van der Waals surface area contributed by atoms with Gasteiger partial charge in [-0.1, -0.05) is 0 Å². The summed E-state index contributed by atoms with van der Waals surface area (Å²) in [6.07, 6.45) is -4.69.